The highest BCUT2D eigenvalue weighted by Gasteiger charge is 2.26. The molecule has 0 spiro atoms. The SMILES string of the molecule is COc1ccc2c(c1)C(=NN=C(N)N)c1cc(OC)ccc1-2. The molecule has 1 aliphatic rings. The summed E-state index contributed by atoms with van der Waals surface area (Å²) in [7, 11) is 3.25. The summed E-state index contributed by atoms with van der Waals surface area (Å²) in [6, 6.07) is 11.7. The smallest absolute Gasteiger partial charge is 0.211 e. The fourth-order valence-electron chi connectivity index (χ4n) is 2.52. The van der Waals surface area contributed by atoms with E-state index in [1.807, 2.05) is 36.4 Å². The van der Waals surface area contributed by atoms with E-state index in [0.717, 1.165) is 33.8 Å². The summed E-state index contributed by atoms with van der Waals surface area (Å²) in [5.74, 6) is 1.40. The van der Waals surface area contributed by atoms with Gasteiger partial charge in [0.15, 0.2) is 0 Å². The van der Waals surface area contributed by atoms with E-state index in [9.17, 15) is 0 Å². The molecule has 0 saturated carbocycles. The molecule has 0 aromatic heterocycles. The third kappa shape index (κ3) is 2.24. The number of fused-ring (bicyclic) bond motifs is 3. The summed E-state index contributed by atoms with van der Waals surface area (Å²) in [5.41, 5.74) is 15.4. The van der Waals surface area contributed by atoms with Crippen LogP contribution in [0.5, 0.6) is 11.5 Å². The average Bonchev–Trinajstić information content (AvgIpc) is 2.84. The fraction of sp³-hybridized carbons (Fsp3) is 0.125. The van der Waals surface area contributed by atoms with Crippen LogP contribution in [0.1, 0.15) is 11.1 Å². The molecule has 3 rings (SSSR count). The van der Waals surface area contributed by atoms with Gasteiger partial charge in [-0.1, -0.05) is 0 Å². The Morgan fingerprint density at radius 3 is 1.73 bits per heavy atom. The van der Waals surface area contributed by atoms with Gasteiger partial charge >= 0.3 is 0 Å². The Hall–Kier alpha value is -3.02. The number of rotatable bonds is 3. The second-order valence-corrected chi connectivity index (χ2v) is 4.80. The Kier molecular flexibility index (Phi) is 3.42. The number of nitrogens with two attached hydrogens (primary N) is 2. The number of hydrogen-bond acceptors (Lipinski definition) is 4. The third-order valence-electron chi connectivity index (χ3n) is 3.52. The zero-order valence-electron chi connectivity index (χ0n) is 12.3. The van der Waals surface area contributed by atoms with Gasteiger partial charge in [-0.2, -0.15) is 0 Å². The summed E-state index contributed by atoms with van der Waals surface area (Å²) in [6.45, 7) is 0. The normalized spacial score (nSPS) is 11.5. The average molecular weight is 296 g/mol. The quantitative estimate of drug-likeness (QED) is 0.437. The van der Waals surface area contributed by atoms with Gasteiger partial charge < -0.3 is 20.9 Å². The van der Waals surface area contributed by atoms with Crippen molar-refractivity contribution in [2.24, 2.45) is 21.7 Å². The molecule has 0 bridgehead atoms. The van der Waals surface area contributed by atoms with E-state index in [-0.39, 0.29) is 5.96 Å². The van der Waals surface area contributed by atoms with Gasteiger partial charge in [0.05, 0.1) is 14.2 Å². The molecule has 6 heteroatoms. The highest BCUT2D eigenvalue weighted by atomic mass is 16.5. The van der Waals surface area contributed by atoms with Crippen LogP contribution in [-0.4, -0.2) is 25.9 Å². The lowest BCUT2D eigenvalue weighted by molar-refractivity contribution is 0.414. The number of ether oxygens (including phenoxy) is 2. The van der Waals surface area contributed by atoms with Crippen LogP contribution >= 0.6 is 0 Å². The summed E-state index contributed by atoms with van der Waals surface area (Å²) >= 11 is 0. The third-order valence-corrected chi connectivity index (χ3v) is 3.52. The Balaban J connectivity index is 2.25. The van der Waals surface area contributed by atoms with Crippen molar-refractivity contribution in [1.82, 2.24) is 0 Å². The molecule has 0 heterocycles. The predicted octanol–water partition coefficient (Wildman–Crippen LogP) is 1.71. The van der Waals surface area contributed by atoms with Crippen LogP contribution in [-0.2, 0) is 0 Å². The number of methoxy groups -OCH3 is 2. The van der Waals surface area contributed by atoms with E-state index in [2.05, 4.69) is 10.2 Å². The Morgan fingerprint density at radius 1 is 0.818 bits per heavy atom. The van der Waals surface area contributed by atoms with Gasteiger partial charge in [-0.05, 0) is 47.5 Å². The number of benzene rings is 2. The molecule has 2 aromatic rings. The molecule has 0 atom stereocenters. The second-order valence-electron chi connectivity index (χ2n) is 4.80. The number of guanidine groups is 1. The lowest BCUT2D eigenvalue weighted by atomic mass is 10.1. The van der Waals surface area contributed by atoms with Crippen molar-refractivity contribution in [1.29, 1.82) is 0 Å². The van der Waals surface area contributed by atoms with Crippen molar-refractivity contribution in [3.8, 4) is 22.6 Å². The molecule has 0 fully saturated rings. The van der Waals surface area contributed by atoms with E-state index < -0.39 is 0 Å². The van der Waals surface area contributed by atoms with Crippen molar-refractivity contribution >= 4 is 11.7 Å². The Bertz CT molecular complexity index is 737. The van der Waals surface area contributed by atoms with Gasteiger partial charge in [-0.3, -0.25) is 0 Å². The number of nitrogens with zero attached hydrogens (tertiary/aromatic N) is 2. The lowest BCUT2D eigenvalue weighted by Crippen LogP contribution is -2.22. The van der Waals surface area contributed by atoms with Crippen LogP contribution in [0, 0.1) is 0 Å². The first-order valence-electron chi connectivity index (χ1n) is 6.68. The minimum absolute atomic E-state index is 0.0895. The molecule has 0 radical (unpaired) electrons. The number of hydrogen-bond donors (Lipinski definition) is 2. The maximum Gasteiger partial charge on any atom is 0.211 e. The first-order valence-corrected chi connectivity index (χ1v) is 6.68. The highest BCUT2D eigenvalue weighted by molar-refractivity contribution is 6.24. The molecule has 4 N–H and O–H groups in total. The minimum Gasteiger partial charge on any atom is -0.497 e. The molecule has 0 unspecified atom stereocenters. The van der Waals surface area contributed by atoms with Crippen LogP contribution < -0.4 is 20.9 Å². The van der Waals surface area contributed by atoms with Crippen molar-refractivity contribution in [3.63, 3.8) is 0 Å². The molecule has 0 amide bonds. The van der Waals surface area contributed by atoms with Gasteiger partial charge in [0, 0.05) is 11.1 Å². The van der Waals surface area contributed by atoms with Crippen molar-refractivity contribution in [3.05, 3.63) is 47.5 Å². The van der Waals surface area contributed by atoms with Crippen LogP contribution in [0.4, 0.5) is 0 Å². The van der Waals surface area contributed by atoms with E-state index in [1.54, 1.807) is 14.2 Å². The maximum atomic E-state index is 5.39. The molecule has 2 aromatic carbocycles. The van der Waals surface area contributed by atoms with Gasteiger partial charge in [-0.15, -0.1) is 10.2 Å². The van der Waals surface area contributed by atoms with E-state index in [1.165, 1.54) is 0 Å². The lowest BCUT2D eigenvalue weighted by Gasteiger charge is -2.03. The first-order chi connectivity index (χ1) is 10.6. The second kappa shape index (κ2) is 5.40. The summed E-state index contributed by atoms with van der Waals surface area (Å²) in [6.07, 6.45) is 0. The first kappa shape index (κ1) is 13.9. The molecule has 22 heavy (non-hydrogen) atoms. The van der Waals surface area contributed by atoms with Crippen molar-refractivity contribution < 1.29 is 9.47 Å². The Labute approximate surface area is 128 Å². The summed E-state index contributed by atoms with van der Waals surface area (Å²) < 4.78 is 10.6. The van der Waals surface area contributed by atoms with Gasteiger partial charge in [0.1, 0.15) is 17.2 Å². The molecule has 6 nitrogen and oxygen atoms in total. The molecule has 0 aliphatic heterocycles. The fourth-order valence-corrected chi connectivity index (χ4v) is 2.52. The van der Waals surface area contributed by atoms with Crippen LogP contribution in [0.2, 0.25) is 0 Å². The zero-order valence-corrected chi connectivity index (χ0v) is 12.3. The van der Waals surface area contributed by atoms with Crippen LogP contribution in [0.3, 0.4) is 0 Å². The van der Waals surface area contributed by atoms with Crippen LogP contribution in [0.25, 0.3) is 11.1 Å². The Morgan fingerprint density at radius 2 is 1.32 bits per heavy atom. The molecule has 112 valence electrons. The molecule has 0 saturated heterocycles. The topological polar surface area (TPSA) is 95.2 Å². The largest absolute Gasteiger partial charge is 0.497 e. The van der Waals surface area contributed by atoms with Crippen molar-refractivity contribution in [2.45, 2.75) is 0 Å². The maximum absolute atomic E-state index is 5.39. The minimum atomic E-state index is -0.0895. The van der Waals surface area contributed by atoms with Crippen LogP contribution in [0.15, 0.2) is 46.6 Å². The van der Waals surface area contributed by atoms with Gasteiger partial charge in [0.25, 0.3) is 0 Å². The zero-order chi connectivity index (χ0) is 15.7. The summed E-state index contributed by atoms with van der Waals surface area (Å²) in [5, 5.41) is 7.99. The van der Waals surface area contributed by atoms with Gasteiger partial charge in [0.2, 0.25) is 5.96 Å². The summed E-state index contributed by atoms with van der Waals surface area (Å²) in [4.78, 5) is 0. The van der Waals surface area contributed by atoms with E-state index in [0.29, 0.717) is 5.71 Å². The predicted molar refractivity (Wildman–Crippen MR) is 86.4 cm³/mol. The monoisotopic (exact) mass is 296 g/mol. The van der Waals surface area contributed by atoms with E-state index >= 15 is 0 Å². The van der Waals surface area contributed by atoms with Crippen molar-refractivity contribution in [2.75, 3.05) is 14.2 Å². The van der Waals surface area contributed by atoms with Gasteiger partial charge in [-0.25, -0.2) is 0 Å². The highest BCUT2D eigenvalue weighted by Crippen LogP contribution is 2.40. The standard InChI is InChI=1S/C16H16N4O2/c1-21-9-3-5-11-12-6-4-10(22-2)8-14(12)15(13(11)7-9)19-20-16(17)18/h3-8H,1-2H3,(H4,17,18,20). The molecular formula is C16H16N4O2. The molecule has 1 aliphatic carbocycles. The van der Waals surface area contributed by atoms with E-state index in [4.69, 9.17) is 20.9 Å². The molecular weight excluding hydrogens is 280 g/mol.